The summed E-state index contributed by atoms with van der Waals surface area (Å²) in [6, 6.07) is 14.8. The van der Waals surface area contributed by atoms with E-state index in [2.05, 4.69) is 9.71 Å². The van der Waals surface area contributed by atoms with Crippen LogP contribution < -0.4 is 4.72 Å². The minimum atomic E-state index is -3.52. The highest BCUT2D eigenvalue weighted by atomic mass is 32.2. The summed E-state index contributed by atoms with van der Waals surface area (Å²) in [5.74, 6) is 0.674. The molecule has 6 heteroatoms. The summed E-state index contributed by atoms with van der Waals surface area (Å²) < 4.78 is 31.9. The minimum Gasteiger partial charge on any atom is -0.463 e. The molecule has 0 radical (unpaired) electrons. The van der Waals surface area contributed by atoms with E-state index in [-0.39, 0.29) is 6.54 Å². The highest BCUT2D eigenvalue weighted by molar-refractivity contribution is 7.92. The third-order valence-electron chi connectivity index (χ3n) is 3.59. The van der Waals surface area contributed by atoms with Gasteiger partial charge in [-0.1, -0.05) is 35.9 Å². The summed E-state index contributed by atoms with van der Waals surface area (Å²) in [5.41, 5.74) is 3.43. The van der Waals surface area contributed by atoms with Crippen molar-refractivity contribution in [1.82, 2.24) is 9.71 Å². The molecule has 2 heterocycles. The lowest BCUT2D eigenvalue weighted by atomic mass is 10.2. The number of aryl methyl sites for hydroxylation is 1. The Kier molecular flexibility index (Phi) is 5.11. The van der Waals surface area contributed by atoms with E-state index in [9.17, 15) is 8.42 Å². The van der Waals surface area contributed by atoms with Crippen molar-refractivity contribution in [2.45, 2.75) is 13.5 Å². The molecule has 0 unspecified atom stereocenters. The molecule has 0 aliphatic carbocycles. The molecular weight excluding hydrogens is 336 g/mol. The number of nitrogens with one attached hydrogen (secondary N) is 1. The van der Waals surface area contributed by atoms with E-state index >= 15 is 0 Å². The molecule has 3 rings (SSSR count). The maximum Gasteiger partial charge on any atom is 0.234 e. The first-order chi connectivity index (χ1) is 12.0. The number of hydrogen-bond donors (Lipinski definition) is 1. The first-order valence-electron chi connectivity index (χ1n) is 7.75. The Bertz CT molecular complexity index is 943. The number of nitrogens with zero attached hydrogens (tertiary/aromatic N) is 1. The number of benzene rings is 1. The zero-order chi connectivity index (χ0) is 17.7. The van der Waals surface area contributed by atoms with Gasteiger partial charge in [0, 0.05) is 18.1 Å². The molecule has 0 bridgehead atoms. The van der Waals surface area contributed by atoms with Crippen LogP contribution in [0.2, 0.25) is 0 Å². The standard InChI is InChI=1S/C19H18N2O3S/c1-15-4-6-16(7-5-15)10-12-25(22,23)21-14-17-8-9-18(20-13-17)19-3-2-11-24-19/h2-13,21H,14H2,1H3/b12-10+. The molecule has 0 saturated carbocycles. The van der Waals surface area contributed by atoms with Crippen molar-refractivity contribution in [2.75, 3.05) is 0 Å². The van der Waals surface area contributed by atoms with E-state index < -0.39 is 10.0 Å². The molecule has 0 fully saturated rings. The van der Waals surface area contributed by atoms with Gasteiger partial charge in [-0.05, 0) is 42.3 Å². The van der Waals surface area contributed by atoms with Gasteiger partial charge in [-0.3, -0.25) is 4.98 Å². The molecule has 0 atom stereocenters. The molecule has 1 N–H and O–H groups in total. The van der Waals surface area contributed by atoms with Crippen LogP contribution in [0.1, 0.15) is 16.7 Å². The fourth-order valence-electron chi connectivity index (χ4n) is 2.18. The van der Waals surface area contributed by atoms with Gasteiger partial charge in [0.1, 0.15) is 5.69 Å². The highest BCUT2D eigenvalue weighted by Gasteiger charge is 2.06. The summed E-state index contributed by atoms with van der Waals surface area (Å²) >= 11 is 0. The summed E-state index contributed by atoms with van der Waals surface area (Å²) in [7, 11) is -3.52. The number of sulfonamides is 1. The van der Waals surface area contributed by atoms with Crippen LogP contribution in [-0.4, -0.2) is 13.4 Å². The molecule has 5 nitrogen and oxygen atoms in total. The zero-order valence-electron chi connectivity index (χ0n) is 13.7. The normalized spacial score (nSPS) is 11.9. The lowest BCUT2D eigenvalue weighted by Gasteiger charge is -2.04. The third-order valence-corrected chi connectivity index (χ3v) is 4.63. The van der Waals surface area contributed by atoms with E-state index in [0.29, 0.717) is 11.5 Å². The minimum absolute atomic E-state index is 0.173. The Morgan fingerprint density at radius 1 is 1.12 bits per heavy atom. The molecule has 0 spiro atoms. The topological polar surface area (TPSA) is 72.2 Å². The van der Waals surface area contributed by atoms with E-state index in [0.717, 1.165) is 16.7 Å². The van der Waals surface area contributed by atoms with Crippen molar-refractivity contribution in [2.24, 2.45) is 0 Å². The molecule has 25 heavy (non-hydrogen) atoms. The average molecular weight is 354 g/mol. The second-order valence-electron chi connectivity index (χ2n) is 5.61. The van der Waals surface area contributed by atoms with E-state index in [4.69, 9.17) is 4.42 Å². The van der Waals surface area contributed by atoms with E-state index in [1.54, 1.807) is 30.7 Å². The average Bonchev–Trinajstić information content (AvgIpc) is 3.15. The highest BCUT2D eigenvalue weighted by Crippen LogP contribution is 2.17. The van der Waals surface area contributed by atoms with Crippen LogP contribution in [0.15, 0.2) is 70.8 Å². The lowest BCUT2D eigenvalue weighted by molar-refractivity contribution is 0.579. The monoisotopic (exact) mass is 354 g/mol. The maximum absolute atomic E-state index is 12.1. The fraction of sp³-hybridized carbons (Fsp3) is 0.105. The van der Waals surface area contributed by atoms with Gasteiger partial charge in [-0.2, -0.15) is 0 Å². The Morgan fingerprint density at radius 2 is 1.92 bits per heavy atom. The molecule has 128 valence electrons. The summed E-state index contributed by atoms with van der Waals surface area (Å²) in [6.07, 6.45) is 4.78. The largest absolute Gasteiger partial charge is 0.463 e. The fourth-order valence-corrected chi connectivity index (χ4v) is 2.98. The predicted molar refractivity (Wildman–Crippen MR) is 97.9 cm³/mol. The van der Waals surface area contributed by atoms with Gasteiger partial charge in [0.05, 0.1) is 6.26 Å². The molecule has 0 amide bonds. The Balaban J connectivity index is 1.61. The quantitative estimate of drug-likeness (QED) is 0.732. The van der Waals surface area contributed by atoms with Gasteiger partial charge >= 0.3 is 0 Å². The summed E-state index contributed by atoms with van der Waals surface area (Å²) in [6.45, 7) is 2.16. The number of aromatic nitrogens is 1. The third kappa shape index (κ3) is 4.89. The second kappa shape index (κ2) is 7.46. The van der Waals surface area contributed by atoms with Crippen LogP contribution in [0.3, 0.4) is 0 Å². The van der Waals surface area contributed by atoms with E-state index in [1.807, 2.05) is 43.3 Å². The summed E-state index contributed by atoms with van der Waals surface area (Å²) in [4.78, 5) is 4.28. The molecule has 0 saturated heterocycles. The van der Waals surface area contributed by atoms with Crippen LogP contribution in [0.25, 0.3) is 17.5 Å². The maximum atomic E-state index is 12.1. The first kappa shape index (κ1) is 17.1. The van der Waals surface area contributed by atoms with Crippen molar-refractivity contribution in [3.63, 3.8) is 0 Å². The Morgan fingerprint density at radius 3 is 2.56 bits per heavy atom. The number of furan rings is 1. The predicted octanol–water partition coefficient (Wildman–Crippen LogP) is 3.74. The smallest absolute Gasteiger partial charge is 0.234 e. The number of pyridine rings is 1. The van der Waals surface area contributed by atoms with Crippen LogP contribution >= 0.6 is 0 Å². The second-order valence-corrected chi connectivity index (χ2v) is 7.26. The van der Waals surface area contributed by atoms with Gasteiger partial charge in [-0.15, -0.1) is 0 Å². The van der Waals surface area contributed by atoms with E-state index in [1.165, 1.54) is 5.41 Å². The Labute approximate surface area is 147 Å². The van der Waals surface area contributed by atoms with Crippen molar-refractivity contribution in [3.05, 3.63) is 83.1 Å². The van der Waals surface area contributed by atoms with Crippen LogP contribution in [-0.2, 0) is 16.6 Å². The zero-order valence-corrected chi connectivity index (χ0v) is 14.5. The van der Waals surface area contributed by atoms with Gasteiger partial charge < -0.3 is 4.42 Å². The van der Waals surface area contributed by atoms with Gasteiger partial charge in [0.15, 0.2) is 5.76 Å². The SMILES string of the molecule is Cc1ccc(/C=C/S(=O)(=O)NCc2ccc(-c3ccco3)nc2)cc1. The van der Waals surface area contributed by atoms with Gasteiger partial charge in [0.25, 0.3) is 0 Å². The molecular formula is C19H18N2O3S. The van der Waals surface area contributed by atoms with Crippen LogP contribution in [0, 0.1) is 6.92 Å². The van der Waals surface area contributed by atoms with Crippen LogP contribution in [0.5, 0.6) is 0 Å². The molecule has 0 aliphatic heterocycles. The van der Waals surface area contributed by atoms with Crippen LogP contribution in [0.4, 0.5) is 0 Å². The summed E-state index contributed by atoms with van der Waals surface area (Å²) in [5, 5.41) is 1.17. The molecule has 2 aromatic heterocycles. The number of rotatable bonds is 6. The molecule has 1 aromatic carbocycles. The number of hydrogen-bond acceptors (Lipinski definition) is 4. The molecule has 3 aromatic rings. The van der Waals surface area contributed by atoms with Crippen molar-refractivity contribution in [1.29, 1.82) is 0 Å². The lowest BCUT2D eigenvalue weighted by Crippen LogP contribution is -2.20. The van der Waals surface area contributed by atoms with Gasteiger partial charge in [-0.25, -0.2) is 13.1 Å². The van der Waals surface area contributed by atoms with Crippen molar-refractivity contribution in [3.8, 4) is 11.5 Å². The molecule has 0 aliphatic rings. The van der Waals surface area contributed by atoms with Gasteiger partial charge in [0.2, 0.25) is 10.0 Å². The Hall–Kier alpha value is -2.70. The van der Waals surface area contributed by atoms with Crippen molar-refractivity contribution >= 4 is 16.1 Å². The van der Waals surface area contributed by atoms with Crippen molar-refractivity contribution < 1.29 is 12.8 Å². The first-order valence-corrected chi connectivity index (χ1v) is 9.30.